The van der Waals surface area contributed by atoms with Crippen molar-refractivity contribution in [2.45, 2.75) is 65.5 Å². The van der Waals surface area contributed by atoms with Gasteiger partial charge in [-0.2, -0.15) is 0 Å². The molecule has 0 aliphatic carbocycles. The lowest BCUT2D eigenvalue weighted by molar-refractivity contribution is -0.128. The molecular formula is C28H33ClN4O4. The number of hydrogen-bond donors (Lipinski definition) is 2. The molecular weight excluding hydrogens is 492 g/mol. The summed E-state index contributed by atoms with van der Waals surface area (Å²) in [5, 5.41) is 9.71. The zero-order chi connectivity index (χ0) is 27.2. The average Bonchev–Trinajstić information content (AvgIpc) is 3.25. The van der Waals surface area contributed by atoms with Crippen molar-refractivity contribution in [3.8, 4) is 0 Å². The Kier molecular flexibility index (Phi) is 9.10. The summed E-state index contributed by atoms with van der Waals surface area (Å²) in [5.74, 6) is -0.335. The molecule has 0 aliphatic rings. The van der Waals surface area contributed by atoms with Crippen LogP contribution in [0.2, 0.25) is 5.02 Å². The molecule has 1 aromatic heterocycles. The van der Waals surface area contributed by atoms with Gasteiger partial charge in [-0.1, -0.05) is 54.0 Å². The number of carbonyl (C=O) groups excluding carboxylic acids is 3. The summed E-state index contributed by atoms with van der Waals surface area (Å²) in [6.45, 7) is 9.35. The van der Waals surface area contributed by atoms with Crippen molar-refractivity contribution in [2.24, 2.45) is 0 Å². The van der Waals surface area contributed by atoms with Crippen molar-refractivity contribution in [1.29, 1.82) is 0 Å². The van der Waals surface area contributed by atoms with Gasteiger partial charge in [0.05, 0.1) is 0 Å². The van der Waals surface area contributed by atoms with Gasteiger partial charge in [0.2, 0.25) is 17.7 Å². The second-order valence-electron chi connectivity index (χ2n) is 9.82. The largest absolute Gasteiger partial charge is 0.360 e. The van der Waals surface area contributed by atoms with Crippen LogP contribution < -0.4 is 15.5 Å². The first-order valence-electron chi connectivity index (χ1n) is 12.2. The van der Waals surface area contributed by atoms with E-state index >= 15 is 0 Å². The fraction of sp³-hybridized carbons (Fsp3) is 0.357. The third kappa shape index (κ3) is 7.67. The molecule has 0 radical (unpaired) electrons. The van der Waals surface area contributed by atoms with E-state index in [2.05, 4.69) is 15.8 Å². The summed E-state index contributed by atoms with van der Waals surface area (Å²) in [4.78, 5) is 41.4. The van der Waals surface area contributed by atoms with Gasteiger partial charge in [-0.3, -0.25) is 19.3 Å². The van der Waals surface area contributed by atoms with E-state index in [-0.39, 0.29) is 24.6 Å². The molecule has 3 rings (SSSR count). The number of amides is 3. The minimum absolute atomic E-state index is 0.107. The molecule has 0 aliphatic heterocycles. The molecule has 0 saturated carbocycles. The molecule has 2 N–H and O–H groups in total. The molecule has 0 spiro atoms. The predicted octanol–water partition coefficient (Wildman–Crippen LogP) is 5.61. The number of hydrogen-bond acceptors (Lipinski definition) is 5. The Morgan fingerprint density at radius 3 is 2.30 bits per heavy atom. The van der Waals surface area contributed by atoms with Crippen molar-refractivity contribution < 1.29 is 18.9 Å². The first-order valence-corrected chi connectivity index (χ1v) is 12.6. The maximum absolute atomic E-state index is 13.7. The second-order valence-corrected chi connectivity index (χ2v) is 10.2. The number of benzene rings is 2. The van der Waals surface area contributed by atoms with Gasteiger partial charge >= 0.3 is 0 Å². The van der Waals surface area contributed by atoms with Crippen LogP contribution in [0.1, 0.15) is 63.5 Å². The van der Waals surface area contributed by atoms with Gasteiger partial charge in [-0.05, 0) is 57.9 Å². The maximum atomic E-state index is 13.7. The molecule has 2 aromatic carbocycles. The molecule has 3 aromatic rings. The number of nitrogens with zero attached hydrogens (tertiary/aromatic N) is 2. The lowest BCUT2D eigenvalue weighted by Crippen LogP contribution is -2.49. The highest BCUT2D eigenvalue weighted by Gasteiger charge is 2.35. The monoisotopic (exact) mass is 524 g/mol. The number of halogens is 1. The first-order chi connectivity index (χ1) is 17.5. The molecule has 0 bridgehead atoms. The third-order valence-electron chi connectivity index (χ3n) is 5.56. The molecule has 0 saturated heterocycles. The van der Waals surface area contributed by atoms with Gasteiger partial charge in [0.25, 0.3) is 0 Å². The van der Waals surface area contributed by atoms with Gasteiger partial charge in [-0.15, -0.1) is 0 Å². The average molecular weight is 525 g/mol. The van der Waals surface area contributed by atoms with Crippen molar-refractivity contribution in [2.75, 3.05) is 10.2 Å². The molecule has 8 nitrogen and oxygen atoms in total. The summed E-state index contributed by atoms with van der Waals surface area (Å²) in [6, 6.07) is 14.9. The SMILES string of the molecule is CCc1ccc(N(C(=O)CCC(=O)Nc2cc(C)on2)[C@@H](C(=O)NC(C)(C)C)c2ccccc2Cl)cc1. The van der Waals surface area contributed by atoms with E-state index in [9.17, 15) is 14.4 Å². The quantitative estimate of drug-likeness (QED) is 0.378. The Labute approximate surface area is 222 Å². The van der Waals surface area contributed by atoms with Crippen LogP contribution in [-0.2, 0) is 20.8 Å². The van der Waals surface area contributed by atoms with E-state index in [4.69, 9.17) is 16.1 Å². The van der Waals surface area contributed by atoms with E-state index in [1.165, 1.54) is 4.90 Å². The van der Waals surface area contributed by atoms with E-state index in [1.807, 2.05) is 52.0 Å². The zero-order valence-corrected chi connectivity index (χ0v) is 22.6. The van der Waals surface area contributed by atoms with Gasteiger partial charge in [0.15, 0.2) is 5.82 Å². The van der Waals surface area contributed by atoms with Crippen LogP contribution >= 0.6 is 11.6 Å². The summed E-state index contributed by atoms with van der Waals surface area (Å²) in [7, 11) is 0. The standard InChI is InChI=1S/C28H33ClN4O4/c1-6-19-11-13-20(14-12-19)33(25(35)16-15-24(34)30-23-17-18(2)37-32-23)26(27(36)31-28(3,4)5)21-9-7-8-10-22(21)29/h7-14,17,26H,6,15-16H2,1-5H3,(H,31,36)(H,30,32,34)/t26-/m1/s1. The van der Waals surface area contributed by atoms with E-state index < -0.39 is 23.4 Å². The third-order valence-corrected chi connectivity index (χ3v) is 5.90. The molecule has 37 heavy (non-hydrogen) atoms. The van der Waals surface area contributed by atoms with Gasteiger partial charge in [0.1, 0.15) is 11.8 Å². The highest BCUT2D eigenvalue weighted by molar-refractivity contribution is 6.31. The van der Waals surface area contributed by atoms with Crippen LogP contribution in [0.3, 0.4) is 0 Å². The van der Waals surface area contributed by atoms with Crippen LogP contribution in [0.5, 0.6) is 0 Å². The van der Waals surface area contributed by atoms with Crippen LogP contribution in [-0.4, -0.2) is 28.4 Å². The Morgan fingerprint density at radius 1 is 1.05 bits per heavy atom. The number of carbonyl (C=O) groups is 3. The van der Waals surface area contributed by atoms with Crippen molar-refractivity contribution in [3.05, 3.63) is 76.5 Å². The maximum Gasteiger partial charge on any atom is 0.248 e. The van der Waals surface area contributed by atoms with E-state index in [1.54, 1.807) is 37.3 Å². The van der Waals surface area contributed by atoms with Crippen molar-refractivity contribution >= 4 is 40.8 Å². The number of aryl methyl sites for hydroxylation is 2. The summed E-state index contributed by atoms with van der Waals surface area (Å²) in [5.41, 5.74) is 1.56. The predicted molar refractivity (Wildman–Crippen MR) is 144 cm³/mol. The van der Waals surface area contributed by atoms with Gasteiger partial charge in [-0.25, -0.2) is 0 Å². The highest BCUT2D eigenvalue weighted by Crippen LogP contribution is 2.33. The van der Waals surface area contributed by atoms with Crippen molar-refractivity contribution in [3.63, 3.8) is 0 Å². The molecule has 3 amide bonds. The number of aromatic nitrogens is 1. The summed E-state index contributed by atoms with van der Waals surface area (Å²) in [6.07, 6.45) is 0.584. The van der Waals surface area contributed by atoms with E-state index in [0.717, 1.165) is 12.0 Å². The Morgan fingerprint density at radius 2 is 1.73 bits per heavy atom. The van der Waals surface area contributed by atoms with E-state index in [0.29, 0.717) is 22.0 Å². The van der Waals surface area contributed by atoms with Gasteiger partial charge < -0.3 is 15.2 Å². The van der Waals surface area contributed by atoms with Crippen LogP contribution in [0.25, 0.3) is 0 Å². The summed E-state index contributed by atoms with van der Waals surface area (Å²) < 4.78 is 4.97. The number of nitrogens with one attached hydrogen (secondary N) is 2. The minimum atomic E-state index is -1.05. The minimum Gasteiger partial charge on any atom is -0.360 e. The molecule has 196 valence electrons. The fourth-order valence-corrected chi connectivity index (χ4v) is 4.07. The Hall–Kier alpha value is -3.65. The molecule has 1 heterocycles. The van der Waals surface area contributed by atoms with Crippen molar-refractivity contribution in [1.82, 2.24) is 10.5 Å². The van der Waals surface area contributed by atoms with Gasteiger partial charge in [0, 0.05) is 40.7 Å². The smallest absolute Gasteiger partial charge is 0.248 e. The normalized spacial score (nSPS) is 12.1. The molecule has 1 atom stereocenters. The van der Waals surface area contributed by atoms with Crippen LogP contribution in [0, 0.1) is 6.92 Å². The Balaban J connectivity index is 1.97. The molecule has 0 unspecified atom stereocenters. The fourth-order valence-electron chi connectivity index (χ4n) is 3.83. The Bertz CT molecular complexity index is 1250. The lowest BCUT2D eigenvalue weighted by atomic mass is 9.99. The second kappa shape index (κ2) is 12.1. The highest BCUT2D eigenvalue weighted by atomic mass is 35.5. The van der Waals surface area contributed by atoms with Crippen LogP contribution in [0.15, 0.2) is 59.1 Å². The van der Waals surface area contributed by atoms with Crippen LogP contribution in [0.4, 0.5) is 11.5 Å². The number of anilines is 2. The topological polar surface area (TPSA) is 105 Å². The molecule has 9 heteroatoms. The molecule has 0 fully saturated rings. The zero-order valence-electron chi connectivity index (χ0n) is 21.8. The number of rotatable bonds is 9. The summed E-state index contributed by atoms with van der Waals surface area (Å²) >= 11 is 6.54. The first kappa shape index (κ1) is 27.9. The lowest BCUT2D eigenvalue weighted by Gasteiger charge is -2.34.